The second-order valence-electron chi connectivity index (χ2n) is 5.11. The van der Waals surface area contributed by atoms with Crippen molar-refractivity contribution in [2.45, 2.75) is 20.3 Å². The van der Waals surface area contributed by atoms with Gasteiger partial charge in [-0.1, -0.05) is 13.8 Å². The van der Waals surface area contributed by atoms with Crippen molar-refractivity contribution < 1.29 is 14.4 Å². The largest absolute Gasteiger partial charge is 0.330 e. The van der Waals surface area contributed by atoms with Gasteiger partial charge in [0.2, 0.25) is 11.8 Å². The van der Waals surface area contributed by atoms with E-state index in [2.05, 4.69) is 10.3 Å². The first-order valence-electron chi connectivity index (χ1n) is 6.56. The standard InChI is InChI=1S/C14H17N3O3/c1-9(2)11-12(18)16-14(20)17(13(11)19)8-5-10-3-6-15-7-4-10/h3-4,6-7,9,11H,5,8H2,1-2H3,(H,16,18,20). The van der Waals surface area contributed by atoms with Gasteiger partial charge < -0.3 is 0 Å². The Morgan fingerprint density at radius 2 is 1.90 bits per heavy atom. The van der Waals surface area contributed by atoms with Gasteiger partial charge in [-0.15, -0.1) is 0 Å². The van der Waals surface area contributed by atoms with E-state index in [4.69, 9.17) is 0 Å². The lowest BCUT2D eigenvalue weighted by Gasteiger charge is -2.31. The first-order chi connectivity index (χ1) is 9.50. The van der Waals surface area contributed by atoms with Crippen molar-refractivity contribution in [3.63, 3.8) is 0 Å². The highest BCUT2D eigenvalue weighted by molar-refractivity contribution is 6.16. The smallest absolute Gasteiger partial charge is 0.277 e. The zero-order valence-electron chi connectivity index (χ0n) is 11.5. The van der Waals surface area contributed by atoms with E-state index >= 15 is 0 Å². The molecule has 0 radical (unpaired) electrons. The van der Waals surface area contributed by atoms with Crippen LogP contribution in [0.2, 0.25) is 0 Å². The minimum atomic E-state index is -0.787. The molecule has 1 N–H and O–H groups in total. The zero-order valence-corrected chi connectivity index (χ0v) is 11.5. The number of hydrogen-bond donors (Lipinski definition) is 1. The molecule has 1 atom stereocenters. The number of hydrogen-bond acceptors (Lipinski definition) is 4. The fraction of sp³-hybridized carbons (Fsp3) is 0.429. The van der Waals surface area contributed by atoms with Crippen LogP contribution in [0.25, 0.3) is 0 Å². The average molecular weight is 275 g/mol. The summed E-state index contributed by atoms with van der Waals surface area (Å²) in [5.41, 5.74) is 0.985. The minimum absolute atomic E-state index is 0.140. The number of pyridine rings is 1. The Morgan fingerprint density at radius 3 is 2.50 bits per heavy atom. The van der Waals surface area contributed by atoms with Crippen molar-refractivity contribution >= 4 is 17.8 Å². The molecule has 0 aliphatic carbocycles. The van der Waals surface area contributed by atoms with Crippen molar-refractivity contribution in [2.75, 3.05) is 6.54 Å². The van der Waals surface area contributed by atoms with Crippen molar-refractivity contribution in [1.82, 2.24) is 15.2 Å². The SMILES string of the molecule is CC(C)C1C(=O)NC(=O)N(CCc2ccncc2)C1=O. The molecule has 6 heteroatoms. The summed E-state index contributed by atoms with van der Waals surface area (Å²) in [6, 6.07) is 3.03. The second-order valence-corrected chi connectivity index (χ2v) is 5.11. The van der Waals surface area contributed by atoms with Crippen LogP contribution in [0.15, 0.2) is 24.5 Å². The average Bonchev–Trinajstić information content (AvgIpc) is 2.38. The van der Waals surface area contributed by atoms with E-state index in [0.29, 0.717) is 6.42 Å². The predicted octanol–water partition coefficient (Wildman–Crippen LogP) is 0.975. The van der Waals surface area contributed by atoms with E-state index in [9.17, 15) is 14.4 Å². The first kappa shape index (κ1) is 14.2. The number of nitrogens with zero attached hydrogens (tertiary/aromatic N) is 2. The molecule has 1 aromatic rings. The van der Waals surface area contributed by atoms with Crippen LogP contribution in [0, 0.1) is 11.8 Å². The molecule has 2 heterocycles. The van der Waals surface area contributed by atoms with Gasteiger partial charge >= 0.3 is 6.03 Å². The van der Waals surface area contributed by atoms with Gasteiger partial charge in [0.05, 0.1) is 0 Å². The van der Waals surface area contributed by atoms with E-state index in [0.717, 1.165) is 10.5 Å². The van der Waals surface area contributed by atoms with Gasteiger partial charge in [0.25, 0.3) is 0 Å². The van der Waals surface area contributed by atoms with Crippen molar-refractivity contribution in [3.8, 4) is 0 Å². The molecule has 6 nitrogen and oxygen atoms in total. The molecule has 4 amide bonds. The van der Waals surface area contributed by atoms with Crippen molar-refractivity contribution in [3.05, 3.63) is 30.1 Å². The highest BCUT2D eigenvalue weighted by atomic mass is 16.2. The Hall–Kier alpha value is -2.24. The highest BCUT2D eigenvalue weighted by Gasteiger charge is 2.41. The number of imide groups is 2. The molecule has 20 heavy (non-hydrogen) atoms. The van der Waals surface area contributed by atoms with Crippen LogP contribution in [0.1, 0.15) is 19.4 Å². The molecule has 1 saturated heterocycles. The van der Waals surface area contributed by atoms with E-state index in [1.807, 2.05) is 12.1 Å². The summed E-state index contributed by atoms with van der Waals surface area (Å²) in [6.45, 7) is 3.84. The highest BCUT2D eigenvalue weighted by Crippen LogP contribution is 2.19. The Kier molecular flexibility index (Phi) is 4.12. The van der Waals surface area contributed by atoms with Crippen LogP contribution < -0.4 is 5.32 Å². The number of rotatable bonds is 4. The van der Waals surface area contributed by atoms with Crippen molar-refractivity contribution in [2.24, 2.45) is 11.8 Å². The summed E-state index contributed by atoms with van der Waals surface area (Å²) in [7, 11) is 0. The molecule has 0 aromatic carbocycles. The lowest BCUT2D eigenvalue weighted by Crippen LogP contribution is -2.59. The van der Waals surface area contributed by atoms with Crippen LogP contribution in [-0.4, -0.2) is 34.3 Å². The maximum absolute atomic E-state index is 12.2. The third-order valence-corrected chi connectivity index (χ3v) is 3.33. The molecule has 0 saturated carbocycles. The van der Waals surface area contributed by atoms with Crippen LogP contribution in [0.5, 0.6) is 0 Å². The van der Waals surface area contributed by atoms with E-state index in [-0.39, 0.29) is 12.5 Å². The Morgan fingerprint density at radius 1 is 1.25 bits per heavy atom. The van der Waals surface area contributed by atoms with E-state index in [1.54, 1.807) is 26.2 Å². The zero-order chi connectivity index (χ0) is 14.7. The van der Waals surface area contributed by atoms with Gasteiger partial charge in [-0.25, -0.2) is 4.79 Å². The Labute approximate surface area is 117 Å². The van der Waals surface area contributed by atoms with Crippen LogP contribution in [0.3, 0.4) is 0 Å². The lowest BCUT2D eigenvalue weighted by molar-refractivity contribution is -0.144. The summed E-state index contributed by atoms with van der Waals surface area (Å²) in [4.78, 5) is 40.7. The molecule has 0 bridgehead atoms. The molecular weight excluding hydrogens is 258 g/mol. The first-order valence-corrected chi connectivity index (χ1v) is 6.56. The molecule has 1 fully saturated rings. The molecule has 1 aliphatic heterocycles. The number of carbonyl (C=O) groups excluding carboxylic acids is 3. The fourth-order valence-corrected chi connectivity index (χ4v) is 2.22. The summed E-state index contributed by atoms with van der Waals surface area (Å²) in [5, 5.41) is 2.24. The summed E-state index contributed by atoms with van der Waals surface area (Å²) >= 11 is 0. The molecule has 1 unspecified atom stereocenters. The predicted molar refractivity (Wildman–Crippen MR) is 71.5 cm³/mol. The molecule has 0 spiro atoms. The van der Waals surface area contributed by atoms with Gasteiger partial charge in [-0.05, 0) is 30.0 Å². The van der Waals surface area contributed by atoms with E-state index in [1.165, 1.54) is 0 Å². The fourth-order valence-electron chi connectivity index (χ4n) is 2.22. The number of urea groups is 1. The number of barbiturate groups is 1. The summed E-state index contributed by atoms with van der Waals surface area (Å²) < 4.78 is 0. The number of aromatic nitrogens is 1. The number of amides is 4. The quantitative estimate of drug-likeness (QED) is 0.831. The monoisotopic (exact) mass is 275 g/mol. The summed E-state index contributed by atoms with van der Waals surface area (Å²) in [5.74, 6) is -1.85. The number of nitrogens with one attached hydrogen (secondary N) is 1. The normalized spacial score (nSPS) is 19.4. The van der Waals surface area contributed by atoms with Gasteiger partial charge in [-0.3, -0.25) is 24.8 Å². The van der Waals surface area contributed by atoms with Crippen LogP contribution >= 0.6 is 0 Å². The number of carbonyl (C=O) groups is 3. The van der Waals surface area contributed by atoms with E-state index < -0.39 is 23.8 Å². The van der Waals surface area contributed by atoms with Crippen molar-refractivity contribution in [1.29, 1.82) is 0 Å². The molecule has 2 rings (SSSR count). The van der Waals surface area contributed by atoms with Gasteiger partial charge in [0.1, 0.15) is 5.92 Å². The maximum atomic E-state index is 12.2. The topological polar surface area (TPSA) is 79.4 Å². The molecular formula is C14H17N3O3. The summed E-state index contributed by atoms with van der Waals surface area (Å²) in [6.07, 6.45) is 3.86. The Bertz CT molecular complexity index is 528. The molecule has 1 aliphatic rings. The van der Waals surface area contributed by atoms with Gasteiger partial charge in [0.15, 0.2) is 0 Å². The maximum Gasteiger partial charge on any atom is 0.330 e. The molecule has 1 aromatic heterocycles. The second kappa shape index (κ2) is 5.81. The Balaban J connectivity index is 2.08. The third-order valence-electron chi connectivity index (χ3n) is 3.33. The van der Waals surface area contributed by atoms with Crippen LogP contribution in [-0.2, 0) is 16.0 Å². The van der Waals surface area contributed by atoms with Crippen LogP contribution in [0.4, 0.5) is 4.79 Å². The third kappa shape index (κ3) is 2.84. The van der Waals surface area contributed by atoms with Gasteiger partial charge in [0, 0.05) is 18.9 Å². The minimum Gasteiger partial charge on any atom is -0.277 e. The lowest BCUT2D eigenvalue weighted by atomic mass is 9.92. The van der Waals surface area contributed by atoms with Gasteiger partial charge in [-0.2, -0.15) is 0 Å². The molecule has 106 valence electrons.